The molecule has 1 aliphatic rings. The monoisotopic (exact) mass is 545 g/mol. The fourth-order valence-electron chi connectivity index (χ4n) is 2.41. The second-order valence-corrected chi connectivity index (χ2v) is 7.30. The van der Waals surface area contributed by atoms with Crippen molar-refractivity contribution < 1.29 is 49.1 Å². The molecule has 0 saturated heterocycles. The van der Waals surface area contributed by atoms with Crippen molar-refractivity contribution >= 4 is 34.4 Å². The molecule has 0 unspecified atom stereocenters. The van der Waals surface area contributed by atoms with Crippen LogP contribution in [0.2, 0.25) is 0 Å². The van der Waals surface area contributed by atoms with Crippen molar-refractivity contribution in [2.75, 3.05) is 6.54 Å². The molecule has 1 heterocycles. The van der Waals surface area contributed by atoms with E-state index in [-0.39, 0.29) is 11.1 Å². The minimum absolute atomic E-state index is 0.0261. The molecule has 160 valence electrons. The van der Waals surface area contributed by atoms with E-state index in [1.54, 1.807) is 0 Å². The first-order chi connectivity index (χ1) is 13.0. The lowest BCUT2D eigenvalue weighted by Crippen LogP contribution is -2.60. The lowest BCUT2D eigenvalue weighted by molar-refractivity contribution is -0.388. The van der Waals surface area contributed by atoms with Gasteiger partial charge in [0.05, 0.1) is 11.1 Å². The molecule has 2 amide bonds. The van der Waals surface area contributed by atoms with Gasteiger partial charge in [-0.25, -0.2) is 0 Å². The van der Waals surface area contributed by atoms with Crippen molar-refractivity contribution in [2.45, 2.75) is 30.4 Å². The molecule has 0 fully saturated rings. The molecule has 1 aromatic rings. The maximum Gasteiger partial charge on any atom is 0.460 e. The highest BCUT2D eigenvalue weighted by Gasteiger charge is 2.81. The summed E-state index contributed by atoms with van der Waals surface area (Å²) in [5, 5.41) is 0. The molecule has 2 rings (SSSR count). The van der Waals surface area contributed by atoms with E-state index in [1.807, 2.05) is 0 Å². The van der Waals surface area contributed by atoms with Crippen LogP contribution in [0.25, 0.3) is 0 Å². The maximum absolute atomic E-state index is 13.6. The number of benzene rings is 1. The number of carbonyl (C=O) groups is 2. The maximum atomic E-state index is 13.6. The van der Waals surface area contributed by atoms with Gasteiger partial charge in [0.2, 0.25) is 0 Å². The lowest BCUT2D eigenvalue weighted by atomic mass is 10.0. The quantitative estimate of drug-likeness (QED) is 0.271. The Morgan fingerprint density at radius 2 is 1.31 bits per heavy atom. The van der Waals surface area contributed by atoms with Gasteiger partial charge < -0.3 is 0 Å². The number of imide groups is 1. The van der Waals surface area contributed by atoms with Crippen LogP contribution < -0.4 is 0 Å². The van der Waals surface area contributed by atoms with Crippen molar-refractivity contribution in [3.63, 3.8) is 0 Å². The highest BCUT2D eigenvalue weighted by Crippen LogP contribution is 2.53. The second-order valence-electron chi connectivity index (χ2n) is 5.92. The summed E-state index contributed by atoms with van der Waals surface area (Å²) in [7, 11) is 0. The molecule has 0 spiro atoms. The minimum Gasteiger partial charge on any atom is -0.274 e. The van der Waals surface area contributed by atoms with E-state index in [1.165, 1.54) is 24.3 Å². The zero-order chi connectivity index (χ0) is 22.4. The van der Waals surface area contributed by atoms with Crippen molar-refractivity contribution in [2.24, 2.45) is 0 Å². The van der Waals surface area contributed by atoms with E-state index < -0.39 is 58.4 Å². The Morgan fingerprint density at radius 1 is 0.862 bits per heavy atom. The van der Waals surface area contributed by atoms with E-state index in [0.717, 1.165) is 22.6 Å². The van der Waals surface area contributed by atoms with Gasteiger partial charge in [0, 0.05) is 12.6 Å². The predicted molar refractivity (Wildman–Crippen MR) is 89.4 cm³/mol. The van der Waals surface area contributed by atoms with Crippen LogP contribution in [-0.4, -0.2) is 47.2 Å². The Labute approximate surface area is 170 Å². The van der Waals surface area contributed by atoms with Crippen molar-refractivity contribution in [3.8, 4) is 0 Å². The first-order valence-corrected chi connectivity index (χ1v) is 8.65. The fraction of sp³-hybridized carbons (Fsp3) is 0.375. The van der Waals surface area contributed by atoms with Crippen molar-refractivity contribution in [1.82, 2.24) is 4.90 Å². The van der Waals surface area contributed by atoms with Crippen LogP contribution in [0, 0.1) is 0 Å². The summed E-state index contributed by atoms with van der Waals surface area (Å²) in [6.45, 7) is -0.571. The summed E-state index contributed by atoms with van der Waals surface area (Å²) in [5.74, 6) is -21.2. The lowest BCUT2D eigenvalue weighted by Gasteiger charge is -2.32. The molecule has 13 heteroatoms. The number of nitrogens with zero attached hydrogens (tertiary/aromatic N) is 1. The van der Waals surface area contributed by atoms with Crippen LogP contribution in [0.1, 0.15) is 27.1 Å². The third kappa shape index (κ3) is 3.97. The Kier molecular flexibility index (Phi) is 6.05. The van der Waals surface area contributed by atoms with Gasteiger partial charge in [-0.2, -0.15) is 39.5 Å². The number of fused-ring (bicyclic) bond motifs is 1. The van der Waals surface area contributed by atoms with Crippen molar-refractivity contribution in [1.29, 1.82) is 0 Å². The van der Waals surface area contributed by atoms with E-state index in [9.17, 15) is 49.1 Å². The molecule has 0 aliphatic carbocycles. The van der Waals surface area contributed by atoms with Gasteiger partial charge in [-0.1, -0.05) is 12.1 Å². The summed E-state index contributed by atoms with van der Waals surface area (Å²) >= 11 is 1.03. The number of hydrogen-bond donors (Lipinski definition) is 0. The van der Waals surface area contributed by atoms with Gasteiger partial charge in [0.15, 0.2) is 0 Å². The number of rotatable bonds is 6. The van der Waals surface area contributed by atoms with Crippen molar-refractivity contribution in [3.05, 3.63) is 45.0 Å². The molecule has 29 heavy (non-hydrogen) atoms. The van der Waals surface area contributed by atoms with Crippen LogP contribution >= 0.6 is 22.6 Å². The summed E-state index contributed by atoms with van der Waals surface area (Å²) in [6.07, 6.45) is -8.29. The van der Waals surface area contributed by atoms with Crippen LogP contribution in [-0.2, 0) is 0 Å². The number of alkyl halides is 9. The highest BCUT2D eigenvalue weighted by atomic mass is 127. The second kappa shape index (κ2) is 7.47. The normalized spacial score (nSPS) is 16.5. The van der Waals surface area contributed by atoms with Gasteiger partial charge in [0.25, 0.3) is 11.8 Å². The van der Waals surface area contributed by atoms with Gasteiger partial charge in [-0.05, 0) is 44.7 Å². The van der Waals surface area contributed by atoms with Gasteiger partial charge in [-0.3, -0.25) is 14.5 Å². The van der Waals surface area contributed by atoms with E-state index in [0.29, 0.717) is 4.90 Å². The average Bonchev–Trinajstić information content (AvgIpc) is 2.82. The average molecular weight is 545 g/mol. The zero-order valence-electron chi connectivity index (χ0n) is 13.8. The number of allylic oxidation sites excluding steroid dienone is 1. The third-order valence-electron chi connectivity index (χ3n) is 3.96. The summed E-state index contributed by atoms with van der Waals surface area (Å²) < 4.78 is 115. The van der Waals surface area contributed by atoms with E-state index >= 15 is 0 Å². The molecule has 1 aromatic carbocycles. The largest absolute Gasteiger partial charge is 0.460 e. The number of hydrogen-bond acceptors (Lipinski definition) is 2. The Morgan fingerprint density at radius 3 is 1.72 bits per heavy atom. The predicted octanol–water partition coefficient (Wildman–Crippen LogP) is 5.46. The van der Waals surface area contributed by atoms with Crippen LogP contribution in [0.4, 0.5) is 39.5 Å². The Bertz CT molecular complexity index is 829. The van der Waals surface area contributed by atoms with Crippen LogP contribution in [0.5, 0.6) is 0 Å². The fourth-order valence-corrected chi connectivity index (χ4v) is 3.04. The first kappa shape index (κ1) is 23.5. The first-order valence-electron chi connectivity index (χ1n) is 7.57. The summed E-state index contributed by atoms with van der Waals surface area (Å²) in [6, 6.07) is 5.57. The van der Waals surface area contributed by atoms with Gasteiger partial charge in [0.1, 0.15) is 0 Å². The number of halogens is 10. The van der Waals surface area contributed by atoms with E-state index in [4.69, 9.17) is 0 Å². The van der Waals surface area contributed by atoms with Crippen LogP contribution in [0.3, 0.4) is 0 Å². The minimum atomic E-state index is -6.99. The zero-order valence-corrected chi connectivity index (χ0v) is 16.0. The number of amides is 2. The molecule has 0 aromatic heterocycles. The molecular formula is C16H9F9INO2. The van der Waals surface area contributed by atoms with E-state index in [2.05, 4.69) is 0 Å². The molecule has 1 aliphatic heterocycles. The Hall–Kier alpha value is -1.80. The highest BCUT2D eigenvalue weighted by molar-refractivity contribution is 14.1. The molecule has 0 radical (unpaired) electrons. The SMILES string of the molecule is O=C1c2ccccc2C(=O)N1CCC(I)=CC(F)(F)C(F)(F)C(F)(F)C(F)(F)F. The molecule has 3 nitrogen and oxygen atoms in total. The third-order valence-corrected chi connectivity index (χ3v) is 4.81. The summed E-state index contributed by atoms with van der Waals surface area (Å²) in [5.41, 5.74) is 0.0522. The summed E-state index contributed by atoms with van der Waals surface area (Å²) in [4.78, 5) is 24.8. The molecule has 0 saturated carbocycles. The topological polar surface area (TPSA) is 37.4 Å². The Balaban J connectivity index is 2.17. The molecule has 0 N–H and O–H groups in total. The molecule has 0 atom stereocenters. The van der Waals surface area contributed by atoms with Gasteiger partial charge >= 0.3 is 23.9 Å². The standard InChI is InChI=1S/C16H9F9INO2/c17-13(18,14(19,20)15(21,22)16(23,24)25)7-8(26)5-6-27-11(28)9-3-1-2-4-10(9)12(27)29/h1-4,7H,5-6H2. The van der Waals surface area contributed by atoms with Gasteiger partial charge in [-0.15, -0.1) is 0 Å². The van der Waals surface area contributed by atoms with Crippen LogP contribution in [0.15, 0.2) is 33.9 Å². The smallest absolute Gasteiger partial charge is 0.274 e. The molecular weight excluding hydrogens is 536 g/mol. The number of carbonyl (C=O) groups excluding carboxylic acids is 2. The molecule has 0 bridgehead atoms.